The molecule has 2 saturated heterocycles. The number of tetrazole rings is 2. The van der Waals surface area contributed by atoms with E-state index in [9.17, 15) is 0 Å². The lowest BCUT2D eigenvalue weighted by atomic mass is 10.3. The van der Waals surface area contributed by atoms with E-state index in [1.807, 2.05) is 95.3 Å². The Kier molecular flexibility index (Phi) is 15.6. The fraction of sp³-hybridized carbons (Fsp3) is 0.481. The third-order valence-corrected chi connectivity index (χ3v) is 5.44. The van der Waals surface area contributed by atoms with Gasteiger partial charge >= 0.3 is 0 Å². The van der Waals surface area contributed by atoms with Crippen molar-refractivity contribution in [1.82, 2.24) is 56.4 Å². The van der Waals surface area contributed by atoms with Crippen LogP contribution in [0.15, 0.2) is 60.7 Å². The van der Waals surface area contributed by atoms with Gasteiger partial charge in [0, 0.05) is 52.4 Å². The minimum Gasteiger partial charge on any atom is -0.337 e. The molecule has 4 aromatic rings. The van der Waals surface area contributed by atoms with Gasteiger partial charge < -0.3 is 20.9 Å². The van der Waals surface area contributed by atoms with E-state index in [2.05, 4.69) is 51.9 Å². The molecule has 2 aromatic carbocycles. The number of piperazine rings is 2. The van der Waals surface area contributed by atoms with Crippen molar-refractivity contribution >= 4 is 5.95 Å². The molecule has 12 heteroatoms. The van der Waals surface area contributed by atoms with E-state index in [1.165, 1.54) is 0 Å². The first kappa shape index (κ1) is 31.5. The van der Waals surface area contributed by atoms with Gasteiger partial charge in [-0.05, 0) is 52.0 Å². The number of nitrogens with one attached hydrogen (secondary N) is 3. The van der Waals surface area contributed by atoms with Crippen molar-refractivity contribution in [3.05, 3.63) is 66.5 Å². The van der Waals surface area contributed by atoms with Gasteiger partial charge in [-0.1, -0.05) is 69.2 Å². The smallest absolute Gasteiger partial charge is 0.250 e. The minimum atomic E-state index is 0.793. The number of rotatable bonds is 3. The Bertz CT molecular complexity index is 1090. The molecular formula is C27H44N12. The first-order valence-corrected chi connectivity index (χ1v) is 13.8. The lowest BCUT2D eigenvalue weighted by Gasteiger charge is -2.27. The first-order valence-electron chi connectivity index (χ1n) is 13.8. The van der Waals surface area contributed by atoms with Crippen LogP contribution in [-0.2, 0) is 0 Å². The molecule has 39 heavy (non-hydrogen) atoms. The van der Waals surface area contributed by atoms with E-state index in [4.69, 9.17) is 0 Å². The molecule has 0 atom stereocenters. The molecule has 0 bridgehead atoms. The van der Waals surface area contributed by atoms with E-state index in [0.29, 0.717) is 0 Å². The highest BCUT2D eigenvalue weighted by molar-refractivity contribution is 5.40. The van der Waals surface area contributed by atoms with Gasteiger partial charge in [0.1, 0.15) is 0 Å². The molecule has 6 rings (SSSR count). The Morgan fingerprint density at radius 1 is 0.564 bits per heavy atom. The van der Waals surface area contributed by atoms with Gasteiger partial charge in [0.05, 0.1) is 11.4 Å². The molecule has 2 aliphatic rings. The molecular weight excluding hydrogens is 492 g/mol. The third-order valence-electron chi connectivity index (χ3n) is 5.44. The summed E-state index contributed by atoms with van der Waals surface area (Å²) < 4.78 is 3.48. The van der Waals surface area contributed by atoms with Crippen LogP contribution >= 0.6 is 0 Å². The van der Waals surface area contributed by atoms with Crippen LogP contribution in [0.2, 0.25) is 0 Å². The maximum atomic E-state index is 4.12. The van der Waals surface area contributed by atoms with Gasteiger partial charge in [-0.25, -0.2) is 0 Å². The topological polar surface area (TPSA) is 127 Å². The van der Waals surface area contributed by atoms with Gasteiger partial charge in [-0.15, -0.1) is 5.10 Å². The van der Waals surface area contributed by atoms with E-state index in [-0.39, 0.29) is 0 Å². The predicted molar refractivity (Wildman–Crippen MR) is 157 cm³/mol. The normalized spacial score (nSPS) is 14.1. The number of hydrogen-bond acceptors (Lipinski definition) is 10. The fourth-order valence-electron chi connectivity index (χ4n) is 3.62. The van der Waals surface area contributed by atoms with Crippen LogP contribution < -0.4 is 20.9 Å². The molecule has 2 fully saturated rings. The number of aromatic nitrogens is 8. The summed E-state index contributed by atoms with van der Waals surface area (Å²) in [5.41, 5.74) is 1.98. The highest BCUT2D eigenvalue weighted by Crippen LogP contribution is 2.15. The molecule has 0 unspecified atom stereocenters. The van der Waals surface area contributed by atoms with Crippen molar-refractivity contribution in [3.8, 4) is 11.4 Å². The number of aryl methyl sites for hydroxylation is 1. The summed E-state index contributed by atoms with van der Waals surface area (Å²) in [4.78, 5) is 2.20. The second-order valence-corrected chi connectivity index (χ2v) is 7.94. The maximum absolute atomic E-state index is 4.12. The van der Waals surface area contributed by atoms with E-state index in [1.54, 1.807) is 9.36 Å². The summed E-state index contributed by atoms with van der Waals surface area (Å²) in [5.74, 6) is 1.61. The van der Waals surface area contributed by atoms with Gasteiger partial charge in [0.15, 0.2) is 5.82 Å². The molecule has 0 saturated carbocycles. The Morgan fingerprint density at radius 3 is 1.46 bits per heavy atom. The number of para-hydroxylation sites is 2. The van der Waals surface area contributed by atoms with Crippen LogP contribution in [0.3, 0.4) is 0 Å². The SMILES string of the molecule is C1CNCCN1.CC.CC.Cc1nnnn1-c1ccccc1.c1ccc(-n2nnnc2N2CCNCC2)cc1. The number of anilines is 1. The predicted octanol–water partition coefficient (Wildman–Crippen LogP) is 2.27. The average Bonchev–Trinajstić information content (AvgIpc) is 3.72. The van der Waals surface area contributed by atoms with Gasteiger partial charge in [0.25, 0.3) is 0 Å². The zero-order valence-corrected chi connectivity index (χ0v) is 24.0. The molecule has 0 aliphatic carbocycles. The molecule has 0 amide bonds. The van der Waals surface area contributed by atoms with Gasteiger partial charge in [-0.3, -0.25) is 0 Å². The van der Waals surface area contributed by atoms with Crippen LogP contribution in [-0.4, -0.2) is 92.8 Å². The standard InChI is InChI=1S/C11H14N6.C8H8N4.C4H10N2.2C2H6/c1-2-4-10(5-3-1)17-11(13-14-15-17)16-8-6-12-7-9-16;1-7-9-10-11-12(7)8-5-3-2-4-6-8;1-2-6-4-3-5-1;2*1-2/h1-5,12H,6-9H2;2-6H,1H3;5-6H,1-4H2;2*1-2H3. The zero-order chi connectivity index (χ0) is 28.1. The van der Waals surface area contributed by atoms with Crippen molar-refractivity contribution in [3.63, 3.8) is 0 Å². The molecule has 2 aromatic heterocycles. The lowest BCUT2D eigenvalue weighted by molar-refractivity contribution is 0.534. The van der Waals surface area contributed by atoms with Gasteiger partial charge in [0.2, 0.25) is 5.95 Å². The lowest BCUT2D eigenvalue weighted by Crippen LogP contribution is -2.44. The van der Waals surface area contributed by atoms with Crippen molar-refractivity contribution < 1.29 is 0 Å². The molecule has 0 spiro atoms. The van der Waals surface area contributed by atoms with Crippen molar-refractivity contribution in [2.45, 2.75) is 34.6 Å². The Morgan fingerprint density at radius 2 is 1.00 bits per heavy atom. The largest absolute Gasteiger partial charge is 0.337 e. The Balaban J connectivity index is 0.000000211. The number of nitrogens with zero attached hydrogens (tertiary/aromatic N) is 9. The number of hydrogen-bond donors (Lipinski definition) is 3. The van der Waals surface area contributed by atoms with E-state index >= 15 is 0 Å². The maximum Gasteiger partial charge on any atom is 0.250 e. The molecule has 2 aliphatic heterocycles. The molecule has 3 N–H and O–H groups in total. The van der Waals surface area contributed by atoms with E-state index < -0.39 is 0 Å². The summed E-state index contributed by atoms with van der Waals surface area (Å²) in [6.45, 7) is 18.2. The summed E-state index contributed by atoms with van der Waals surface area (Å²) in [6.07, 6.45) is 0. The second-order valence-electron chi connectivity index (χ2n) is 7.94. The van der Waals surface area contributed by atoms with Crippen molar-refractivity contribution in [2.75, 3.05) is 57.3 Å². The van der Waals surface area contributed by atoms with Crippen LogP contribution in [0.4, 0.5) is 5.95 Å². The Hall–Kier alpha value is -3.74. The third kappa shape index (κ3) is 10.5. The molecule has 0 radical (unpaired) electrons. The highest BCUT2D eigenvalue weighted by Gasteiger charge is 2.17. The summed E-state index contributed by atoms with van der Waals surface area (Å²) in [5, 5.41) is 32.9. The zero-order valence-electron chi connectivity index (χ0n) is 24.0. The van der Waals surface area contributed by atoms with E-state index in [0.717, 1.165) is 75.5 Å². The first-order chi connectivity index (χ1) is 19.3. The average molecular weight is 537 g/mol. The van der Waals surface area contributed by atoms with Gasteiger partial charge in [-0.2, -0.15) is 9.36 Å². The van der Waals surface area contributed by atoms with Crippen LogP contribution in [0.1, 0.15) is 33.5 Å². The van der Waals surface area contributed by atoms with Crippen LogP contribution in [0.25, 0.3) is 11.4 Å². The Labute approximate surface area is 232 Å². The minimum absolute atomic E-state index is 0.793. The summed E-state index contributed by atoms with van der Waals surface area (Å²) in [6, 6.07) is 19.8. The van der Waals surface area contributed by atoms with Crippen molar-refractivity contribution in [1.29, 1.82) is 0 Å². The van der Waals surface area contributed by atoms with Crippen molar-refractivity contribution in [2.24, 2.45) is 0 Å². The van der Waals surface area contributed by atoms with Crippen LogP contribution in [0, 0.1) is 6.92 Å². The molecule has 4 heterocycles. The second kappa shape index (κ2) is 19.3. The summed E-state index contributed by atoms with van der Waals surface area (Å²) in [7, 11) is 0. The summed E-state index contributed by atoms with van der Waals surface area (Å²) >= 11 is 0. The quantitative estimate of drug-likeness (QED) is 0.359. The molecule has 212 valence electrons. The highest BCUT2D eigenvalue weighted by atomic mass is 15.6. The molecule has 12 nitrogen and oxygen atoms in total. The fourth-order valence-corrected chi connectivity index (χ4v) is 3.62. The monoisotopic (exact) mass is 536 g/mol. The van der Waals surface area contributed by atoms with Crippen LogP contribution in [0.5, 0.6) is 0 Å². The number of benzene rings is 2.